The highest BCUT2D eigenvalue weighted by atomic mass is 35.5. The molecular weight excluding hydrogens is 1930 g/mol. The minimum Gasteiger partial charge on any atom is -0.482 e. The highest BCUT2D eigenvalue weighted by molar-refractivity contribution is 6.61. The third kappa shape index (κ3) is 37.5. The number of methoxy groups -OCH3 is 4. The smallest absolute Gasteiger partial charge is 0.482 e. The molecule has 4 fully saturated rings. The maximum Gasteiger partial charge on any atom is 0.508 e. The number of aliphatic carboxylic acids is 1. The van der Waals surface area contributed by atoms with Gasteiger partial charge in [0.05, 0.1) is 46.8 Å². The van der Waals surface area contributed by atoms with E-state index in [-0.39, 0.29) is 107 Å². The molecule has 822 valence electrons. The number of hydrogen-bond acceptors (Lipinski definition) is 25. The molecule has 8 aliphatic carbocycles. The van der Waals surface area contributed by atoms with E-state index < -0.39 is 35.8 Å². The molecule has 7 aromatic carbocycles. The van der Waals surface area contributed by atoms with Gasteiger partial charge in [-0.1, -0.05) is 284 Å². The number of carboxylic acids is 1. The molecule has 0 aromatic heterocycles. The molecule has 0 heterocycles. The molecule has 27 heteroatoms. The van der Waals surface area contributed by atoms with Gasteiger partial charge in [0.1, 0.15) is 61.1 Å². The summed E-state index contributed by atoms with van der Waals surface area (Å²) in [5, 5.41) is 40.9. The second-order valence-corrected chi connectivity index (χ2v) is 42.9. The van der Waals surface area contributed by atoms with Crippen molar-refractivity contribution in [2.24, 2.45) is 82.9 Å². The number of carboxylic acid groups (broad SMARTS) is 1. The number of hydrogen-bond donors (Lipinski definition) is 4. The van der Waals surface area contributed by atoms with Gasteiger partial charge in [-0.3, -0.25) is 0 Å². The Kier molecular flexibility index (Phi) is 50.5. The van der Waals surface area contributed by atoms with E-state index >= 15 is 0 Å². The molecule has 20 atom stereocenters. The van der Waals surface area contributed by atoms with E-state index in [0.29, 0.717) is 89.4 Å². The van der Waals surface area contributed by atoms with E-state index in [1.54, 1.807) is 0 Å². The number of esters is 3. The van der Waals surface area contributed by atoms with Crippen LogP contribution in [-0.4, -0.2) is 160 Å². The first-order valence-corrected chi connectivity index (χ1v) is 55.8. The summed E-state index contributed by atoms with van der Waals surface area (Å²) in [6, 6.07) is 53.0. The lowest BCUT2D eigenvalue weighted by Crippen LogP contribution is -2.30. The van der Waals surface area contributed by atoms with Gasteiger partial charge in [-0.2, -0.15) is 0 Å². The van der Waals surface area contributed by atoms with E-state index in [9.17, 15) is 53.7 Å². The molecule has 26 nitrogen and oxygen atoms in total. The van der Waals surface area contributed by atoms with Crippen molar-refractivity contribution in [3.8, 4) is 23.0 Å². The van der Waals surface area contributed by atoms with Crippen LogP contribution in [0.25, 0.3) is 0 Å². The van der Waals surface area contributed by atoms with Crippen LogP contribution in [0.2, 0.25) is 0 Å². The molecule has 8 aliphatic rings. The lowest BCUT2D eigenvalue weighted by molar-refractivity contribution is -0.148. The van der Waals surface area contributed by atoms with Crippen molar-refractivity contribution in [1.29, 1.82) is 0 Å². The van der Waals surface area contributed by atoms with Crippen molar-refractivity contribution in [1.82, 2.24) is 0 Å². The average Bonchev–Trinajstić information content (AvgIpc) is 1.65. The van der Waals surface area contributed by atoms with Crippen molar-refractivity contribution >= 4 is 59.4 Å². The molecule has 0 unspecified atom stereocenters. The van der Waals surface area contributed by atoms with Gasteiger partial charge in [-0.15, -0.1) is 0 Å². The van der Waals surface area contributed by atoms with Gasteiger partial charge >= 0.3 is 47.8 Å². The van der Waals surface area contributed by atoms with Gasteiger partial charge < -0.3 is 86.7 Å². The molecule has 4 N–H and O–H groups in total. The molecular formula is C123H167ClO26. The van der Waals surface area contributed by atoms with Crippen LogP contribution in [0.5, 0.6) is 23.0 Å². The molecule has 0 aliphatic heterocycles. The Morgan fingerprint density at radius 2 is 0.600 bits per heavy atom. The summed E-state index contributed by atoms with van der Waals surface area (Å²) in [6.07, 6.45) is 33.0. The van der Waals surface area contributed by atoms with Crippen LogP contribution in [0.1, 0.15) is 283 Å². The van der Waals surface area contributed by atoms with E-state index in [1.165, 1.54) is 120 Å². The number of unbranched alkanes of at least 4 members (excludes halogenated alkanes) is 8. The van der Waals surface area contributed by atoms with Crippen LogP contribution in [0.3, 0.4) is 0 Å². The van der Waals surface area contributed by atoms with E-state index in [0.717, 1.165) is 206 Å². The van der Waals surface area contributed by atoms with Gasteiger partial charge in [-0.25, -0.2) is 38.4 Å². The Morgan fingerprint density at radius 1 is 0.327 bits per heavy atom. The zero-order chi connectivity index (χ0) is 107. The van der Waals surface area contributed by atoms with Crippen molar-refractivity contribution in [3.05, 3.63) is 225 Å². The maximum absolute atomic E-state index is 12.4. The first-order valence-electron chi connectivity index (χ1n) is 55.5. The normalized spacial score (nSPS) is 22.7. The fraction of sp³-hybridized carbons (Fsp3) is 0.593. The fourth-order valence-electron chi connectivity index (χ4n) is 24.5. The number of aliphatic hydroxyl groups is 3. The highest BCUT2D eigenvalue weighted by Crippen LogP contribution is 2.55. The van der Waals surface area contributed by atoms with Gasteiger partial charge in [0.25, 0.3) is 0 Å². The van der Waals surface area contributed by atoms with Gasteiger partial charge in [0.15, 0.2) is 26.4 Å². The van der Waals surface area contributed by atoms with Crippen LogP contribution in [-0.2, 0) is 138 Å². The van der Waals surface area contributed by atoms with E-state index in [4.69, 9.17) is 66.7 Å². The lowest BCUT2D eigenvalue weighted by atomic mass is 9.73. The lowest BCUT2D eigenvalue weighted by Gasteiger charge is -2.32. The van der Waals surface area contributed by atoms with Gasteiger partial charge in [0.2, 0.25) is 0 Å². The minimum absolute atomic E-state index is 0.0848. The molecule has 0 saturated heterocycles. The molecule has 15 rings (SSSR count). The molecule has 0 bridgehead atoms. The van der Waals surface area contributed by atoms with Crippen LogP contribution < -0.4 is 18.9 Å². The number of rotatable bonds is 49. The Bertz CT molecular complexity index is 5080. The van der Waals surface area contributed by atoms with Crippen LogP contribution in [0.15, 0.2) is 164 Å². The number of halogens is 1. The predicted octanol–water partition coefficient (Wildman–Crippen LogP) is 25.2. The summed E-state index contributed by atoms with van der Waals surface area (Å²) in [6.45, 7) is 13.5. The summed E-state index contributed by atoms with van der Waals surface area (Å²) >= 11 is 4.60. The number of carbonyl (C=O) groups excluding carboxylic acids is 7. The highest BCUT2D eigenvalue weighted by Gasteiger charge is 2.52. The summed E-state index contributed by atoms with van der Waals surface area (Å²) in [5.74, 6) is 6.44. The quantitative estimate of drug-likeness (QED) is 0.0119. The standard InChI is InChI=1S/C33H44O6.C32H42O7.C31H42O4.C25H36O7.C2H3ClO2/c1-4-5-7-11-23(2)16-17-27-28-18-25-14-10-15-30(29(25)19-26(28)20-31(27)39-33(35)36-3)37-22-32(34)38-21-24-12-8-6-9-13-24;1-3-4-6-13-25(33)15-16-26-27-17-23-12-9-14-29(28(23)18-24(27)19-30(26)39-32(35)36-2)37-21-31(34)38-20-22-10-7-5-8-11-22;1-3-4-6-10-22(2)15-16-26-27-17-24-13-9-14-30(28(24)18-25(27)19-29(26)32)34-21-31(33)35-20-23-11-7-5-8-12-23;1-3-4-5-8-18(26)10-11-19-20-12-16-7-6-9-22(31-15-24(27)28)21(16)13-17(20)14-23(19)32-25(29)30-2;1-5-2(3)4/h6,8-10,12-15,23,26-28,31H,4-5,7,11,16-22H2,1-3H3;5,7-12,14,24-27,30,33H,3-4,6,13,15-21H2,1-2H3;5,7-9,11-14,22,25-27,29,32H,3-4,6,10,15-21H2,1-2H3;6-7,9,17-20,23,26H,3-5,8,10-15H2,1-2H3,(H,27,28);1H3/t23-,26-,27+,28-,31+;24-,25-,26+,27-,30+;22-,25-,26+,27-,29+;17-,18-,19+,20-,23+;/m0000./s1. The van der Waals surface area contributed by atoms with Crippen molar-refractivity contribution in [3.63, 3.8) is 0 Å². The SMILES string of the molecule is CCCCC[C@H](C)CC[C@@H]1[C@H]2Cc3cccc(OCC(=O)OCc4ccccc4)c3C[C@H]2C[C@H]1O.CCCCC[C@H](C)CC[C@@H]1[C@H]2Cc3cccc(OCC(=O)OCc4ccccc4)c3C[C@H]2C[C@H]1OC(=O)OC.CCCCC[C@H](O)CC[C@@H]1[C@H]2Cc3cccc(OCC(=O)O)c3C[C@H]2C[C@H]1OC(=O)OC.CCCCC[C@H](O)CC[C@@H]1[C@H]2Cc3cccc(OCC(=O)OCc4ccccc4)c3C[C@H]2C[C@H]1OC(=O)OC.COC(=O)Cl. The van der Waals surface area contributed by atoms with Gasteiger partial charge in [-0.05, 0) is 297 Å². The zero-order valence-electron chi connectivity index (χ0n) is 90.2. The van der Waals surface area contributed by atoms with Crippen molar-refractivity contribution in [2.45, 2.75) is 329 Å². The summed E-state index contributed by atoms with van der Waals surface area (Å²) in [7, 11) is 5.24. The Labute approximate surface area is 894 Å². The summed E-state index contributed by atoms with van der Waals surface area (Å²) in [4.78, 5) is 93.3. The fourth-order valence-corrected chi connectivity index (χ4v) is 24.5. The Hall–Kier alpha value is -10.9. The topological polar surface area (TPSA) is 347 Å². The minimum atomic E-state index is -0.999. The first kappa shape index (κ1) is 119. The van der Waals surface area contributed by atoms with Crippen molar-refractivity contribution in [2.75, 3.05) is 54.9 Å². The Morgan fingerprint density at radius 3 is 0.887 bits per heavy atom. The average molecular weight is 2100 g/mol. The second-order valence-electron chi connectivity index (χ2n) is 42.6. The van der Waals surface area contributed by atoms with Crippen LogP contribution in [0.4, 0.5) is 19.2 Å². The van der Waals surface area contributed by atoms with Crippen LogP contribution >= 0.6 is 11.6 Å². The molecule has 7 aromatic rings. The monoisotopic (exact) mass is 2100 g/mol. The van der Waals surface area contributed by atoms with E-state index in [1.807, 2.05) is 140 Å². The maximum atomic E-state index is 12.4. The molecule has 0 spiro atoms. The van der Waals surface area contributed by atoms with E-state index in [2.05, 4.69) is 82.1 Å². The largest absolute Gasteiger partial charge is 0.508 e. The van der Waals surface area contributed by atoms with Crippen LogP contribution in [0, 0.1) is 82.9 Å². The molecule has 4 saturated carbocycles. The number of fused-ring (bicyclic) bond motifs is 8. The number of ether oxygens (including phenoxy) is 14. The number of aliphatic hydroxyl groups excluding tert-OH is 3. The third-order valence-electron chi connectivity index (χ3n) is 32.4. The second kappa shape index (κ2) is 63.5. The summed E-state index contributed by atoms with van der Waals surface area (Å²) in [5.41, 5.74) is 11.6. The number of benzene rings is 7. The summed E-state index contributed by atoms with van der Waals surface area (Å²) < 4.78 is 75.1. The van der Waals surface area contributed by atoms with Crippen molar-refractivity contribution < 1.29 is 125 Å². The molecule has 0 amide bonds. The number of carbonyl (C=O) groups is 8. The van der Waals surface area contributed by atoms with Gasteiger partial charge in [0, 0.05) is 11.6 Å². The molecule has 150 heavy (non-hydrogen) atoms. The first-order chi connectivity index (χ1) is 72.7. The predicted molar refractivity (Wildman–Crippen MR) is 574 cm³/mol. The molecule has 0 radical (unpaired) electrons. The Balaban J connectivity index is 0.000000187. The zero-order valence-corrected chi connectivity index (χ0v) is 90.9. The third-order valence-corrected chi connectivity index (χ3v) is 32.5.